The van der Waals surface area contributed by atoms with Crippen LogP contribution in [-0.2, 0) is 16.1 Å². The highest BCUT2D eigenvalue weighted by Gasteiger charge is 2.30. The molecule has 0 aliphatic heterocycles. The van der Waals surface area contributed by atoms with E-state index in [1.165, 1.54) is 0 Å². The third kappa shape index (κ3) is 5.40. The van der Waals surface area contributed by atoms with Crippen LogP contribution in [0.2, 0.25) is 0 Å². The zero-order chi connectivity index (χ0) is 14.6. The second-order valence-electron chi connectivity index (χ2n) is 6.00. The average Bonchev–Trinajstić information content (AvgIpc) is 2.27. The molecule has 0 aromatic rings. The highest BCUT2D eigenvalue weighted by Crippen LogP contribution is 2.28. The van der Waals surface area contributed by atoms with Crippen molar-refractivity contribution in [1.29, 1.82) is 0 Å². The minimum absolute atomic E-state index is 0.0744. The third-order valence-electron chi connectivity index (χ3n) is 3.30. The van der Waals surface area contributed by atoms with E-state index in [2.05, 4.69) is 4.40 Å². The van der Waals surface area contributed by atoms with Crippen molar-refractivity contribution in [2.45, 2.75) is 64.2 Å². The number of primary amides is 1. The van der Waals surface area contributed by atoms with E-state index in [1.807, 2.05) is 27.7 Å². The molecular formula is C13H24N2O3S. The number of ether oxygens (including phenoxy) is 1. The summed E-state index contributed by atoms with van der Waals surface area (Å²) in [6, 6.07) is 0. The van der Waals surface area contributed by atoms with Gasteiger partial charge in [0.1, 0.15) is 22.2 Å². The molecule has 6 heteroatoms. The van der Waals surface area contributed by atoms with E-state index in [-0.39, 0.29) is 10.9 Å². The van der Waals surface area contributed by atoms with E-state index < -0.39 is 17.5 Å². The van der Waals surface area contributed by atoms with Crippen LogP contribution in [0.5, 0.6) is 0 Å². The van der Waals surface area contributed by atoms with Gasteiger partial charge in [-0.15, -0.1) is 0 Å². The molecule has 1 fully saturated rings. The maximum absolute atomic E-state index is 12.0. The number of carbonyl (C=O) groups excluding carboxylic acids is 1. The second-order valence-corrected chi connectivity index (χ2v) is 7.91. The van der Waals surface area contributed by atoms with Gasteiger partial charge >= 0.3 is 6.09 Å². The van der Waals surface area contributed by atoms with Crippen LogP contribution >= 0.6 is 0 Å². The third-order valence-corrected chi connectivity index (χ3v) is 4.80. The lowest BCUT2D eigenvalue weighted by Gasteiger charge is -2.28. The fraction of sp³-hybridized carbons (Fsp3) is 0.846. The van der Waals surface area contributed by atoms with E-state index in [0.29, 0.717) is 5.92 Å². The Morgan fingerprint density at radius 2 is 1.84 bits per heavy atom. The van der Waals surface area contributed by atoms with Crippen LogP contribution in [0.15, 0.2) is 4.40 Å². The molecule has 0 spiro atoms. The first-order chi connectivity index (χ1) is 8.70. The molecule has 1 unspecified atom stereocenters. The molecule has 0 aromatic carbocycles. The van der Waals surface area contributed by atoms with Crippen molar-refractivity contribution < 1.29 is 14.1 Å². The predicted octanol–water partition coefficient (Wildman–Crippen LogP) is 2.56. The fourth-order valence-electron chi connectivity index (χ4n) is 2.10. The lowest BCUT2D eigenvalue weighted by atomic mass is 9.85. The van der Waals surface area contributed by atoms with Crippen LogP contribution in [0.1, 0.15) is 53.4 Å². The summed E-state index contributed by atoms with van der Waals surface area (Å²) < 4.78 is 20.9. The summed E-state index contributed by atoms with van der Waals surface area (Å²) in [7, 11) is 0. The smallest absolute Gasteiger partial charge is 0.404 e. The normalized spacial score (nSPS) is 26.9. The zero-order valence-corrected chi connectivity index (χ0v) is 13.0. The van der Waals surface area contributed by atoms with Gasteiger partial charge in [0.25, 0.3) is 0 Å². The van der Waals surface area contributed by atoms with Gasteiger partial charge in [-0.1, -0.05) is 4.40 Å². The molecule has 2 N–H and O–H groups in total. The van der Waals surface area contributed by atoms with Gasteiger partial charge in [0.15, 0.2) is 0 Å². The first-order valence-corrected chi connectivity index (χ1v) is 7.74. The van der Waals surface area contributed by atoms with Gasteiger partial charge < -0.3 is 15.0 Å². The molecule has 1 aliphatic rings. The number of rotatable bonds is 3. The van der Waals surface area contributed by atoms with Crippen molar-refractivity contribution >= 4 is 23.2 Å². The quantitative estimate of drug-likeness (QED) is 0.639. The number of hydrogen-bond donors (Lipinski definition) is 1. The van der Waals surface area contributed by atoms with Crippen molar-refractivity contribution in [1.82, 2.24) is 0 Å². The molecule has 19 heavy (non-hydrogen) atoms. The Balaban J connectivity index is 2.51. The SMILES string of the molecule is CC(=N[S+]([O-])C(C)(C)C)C1CCC(OC(N)=O)CC1. The number of amides is 1. The van der Waals surface area contributed by atoms with E-state index in [4.69, 9.17) is 10.5 Å². The summed E-state index contributed by atoms with van der Waals surface area (Å²) >= 11 is -1.20. The molecule has 1 atom stereocenters. The van der Waals surface area contributed by atoms with Crippen LogP contribution in [0.25, 0.3) is 0 Å². The van der Waals surface area contributed by atoms with E-state index in [9.17, 15) is 9.35 Å². The summed E-state index contributed by atoms with van der Waals surface area (Å²) in [6.45, 7) is 7.68. The topological polar surface area (TPSA) is 87.7 Å². The summed E-state index contributed by atoms with van der Waals surface area (Å²) in [5.74, 6) is 0.332. The molecule has 0 bridgehead atoms. The van der Waals surface area contributed by atoms with Crippen LogP contribution in [0, 0.1) is 5.92 Å². The minimum atomic E-state index is -1.20. The number of nitrogens with zero attached hydrogens (tertiary/aromatic N) is 1. The van der Waals surface area contributed by atoms with Crippen molar-refractivity contribution in [2.24, 2.45) is 16.0 Å². The Bertz CT molecular complexity index is 344. The summed E-state index contributed by atoms with van der Waals surface area (Å²) in [5, 5.41) is 0. The number of nitrogens with two attached hydrogens (primary N) is 1. The molecule has 1 amide bonds. The lowest BCUT2D eigenvalue weighted by Crippen LogP contribution is -2.31. The van der Waals surface area contributed by atoms with Gasteiger partial charge in [-0.25, -0.2) is 4.79 Å². The van der Waals surface area contributed by atoms with Crippen LogP contribution in [-0.4, -0.2) is 27.2 Å². The molecule has 0 radical (unpaired) electrons. The molecule has 1 aliphatic carbocycles. The molecule has 1 rings (SSSR count). The summed E-state index contributed by atoms with van der Waals surface area (Å²) in [6.07, 6.45) is 2.60. The van der Waals surface area contributed by atoms with Crippen LogP contribution in [0.3, 0.4) is 0 Å². The Hall–Kier alpha value is -0.750. The second kappa shape index (κ2) is 6.61. The van der Waals surface area contributed by atoms with Gasteiger partial charge in [-0.2, -0.15) is 0 Å². The first-order valence-electron chi connectivity index (χ1n) is 6.63. The van der Waals surface area contributed by atoms with Gasteiger partial charge in [0.2, 0.25) is 0 Å². The van der Waals surface area contributed by atoms with Crippen molar-refractivity contribution in [2.75, 3.05) is 0 Å². The molecule has 110 valence electrons. The van der Waals surface area contributed by atoms with Gasteiger partial charge in [-0.3, -0.25) is 0 Å². The Morgan fingerprint density at radius 3 is 2.26 bits per heavy atom. The number of hydrogen-bond acceptors (Lipinski definition) is 4. The van der Waals surface area contributed by atoms with E-state index in [0.717, 1.165) is 31.4 Å². The van der Waals surface area contributed by atoms with Crippen LogP contribution in [0.4, 0.5) is 4.79 Å². The Labute approximate surface area is 118 Å². The molecule has 0 aromatic heterocycles. The Morgan fingerprint density at radius 1 is 1.32 bits per heavy atom. The molecule has 1 saturated carbocycles. The van der Waals surface area contributed by atoms with Gasteiger partial charge in [-0.05, 0) is 53.4 Å². The molecular weight excluding hydrogens is 264 g/mol. The molecule has 0 saturated heterocycles. The maximum Gasteiger partial charge on any atom is 0.404 e. The highest BCUT2D eigenvalue weighted by molar-refractivity contribution is 7.91. The molecule has 5 nitrogen and oxygen atoms in total. The fourth-order valence-corrected chi connectivity index (χ4v) is 2.79. The van der Waals surface area contributed by atoms with Crippen molar-refractivity contribution in [3.05, 3.63) is 0 Å². The first kappa shape index (κ1) is 16.3. The van der Waals surface area contributed by atoms with Crippen LogP contribution < -0.4 is 5.73 Å². The van der Waals surface area contributed by atoms with Gasteiger partial charge in [0.05, 0.1) is 5.71 Å². The van der Waals surface area contributed by atoms with Crippen molar-refractivity contribution in [3.63, 3.8) is 0 Å². The standard InChI is InChI=1S/C13H24N2O3S/c1-9(15-19(17)13(2,3)4)10-5-7-11(8-6-10)18-12(14)16/h10-11H,5-8H2,1-4H3,(H2,14,16). The van der Waals surface area contributed by atoms with Gasteiger partial charge in [0, 0.05) is 5.92 Å². The number of carbonyl (C=O) groups is 1. The highest BCUT2D eigenvalue weighted by atomic mass is 32.2. The lowest BCUT2D eigenvalue weighted by molar-refractivity contribution is 0.0777. The largest absolute Gasteiger partial charge is 0.591 e. The average molecular weight is 288 g/mol. The van der Waals surface area contributed by atoms with E-state index >= 15 is 0 Å². The maximum atomic E-state index is 12.0. The predicted molar refractivity (Wildman–Crippen MR) is 77.4 cm³/mol. The summed E-state index contributed by atoms with van der Waals surface area (Å²) in [5.41, 5.74) is 5.94. The summed E-state index contributed by atoms with van der Waals surface area (Å²) in [4.78, 5) is 10.7. The monoisotopic (exact) mass is 288 g/mol. The van der Waals surface area contributed by atoms with Crippen molar-refractivity contribution in [3.8, 4) is 0 Å². The minimum Gasteiger partial charge on any atom is -0.591 e. The van der Waals surface area contributed by atoms with E-state index in [1.54, 1.807) is 0 Å². The Kier molecular flexibility index (Phi) is 5.67. The zero-order valence-electron chi connectivity index (χ0n) is 12.1. The molecule has 0 heterocycles.